The Morgan fingerprint density at radius 3 is 2.84 bits per heavy atom. The van der Waals surface area contributed by atoms with Gasteiger partial charge in [-0.15, -0.1) is 0 Å². The van der Waals surface area contributed by atoms with Gasteiger partial charge in [0.1, 0.15) is 5.56 Å². The highest BCUT2D eigenvalue weighted by Gasteiger charge is 2.26. The van der Waals surface area contributed by atoms with Crippen molar-refractivity contribution in [2.24, 2.45) is 0 Å². The molecule has 1 heterocycles. The summed E-state index contributed by atoms with van der Waals surface area (Å²) in [6.07, 6.45) is 0.962. The van der Waals surface area contributed by atoms with Gasteiger partial charge in [-0.1, -0.05) is 0 Å². The third-order valence-electron chi connectivity index (χ3n) is 3.25. The van der Waals surface area contributed by atoms with Crippen molar-refractivity contribution in [2.75, 3.05) is 25.1 Å². The number of methoxy groups -OCH3 is 1. The predicted molar refractivity (Wildman–Crippen MR) is 67.7 cm³/mol. The number of benzene rings is 1. The molecule has 0 bridgehead atoms. The van der Waals surface area contributed by atoms with E-state index >= 15 is 0 Å². The molecule has 0 saturated carbocycles. The zero-order valence-electron chi connectivity index (χ0n) is 10.4. The molecule has 1 aromatic rings. The largest absolute Gasteiger partial charge is 0.477 e. The van der Waals surface area contributed by atoms with E-state index in [4.69, 9.17) is 9.84 Å². The molecule has 1 saturated heterocycles. The van der Waals surface area contributed by atoms with E-state index in [1.54, 1.807) is 13.2 Å². The normalized spacial score (nSPS) is 18.6. The molecule has 0 aliphatic carbocycles. The molecule has 1 aromatic carbocycles. The first kappa shape index (κ1) is 13.3. The van der Waals surface area contributed by atoms with Crippen molar-refractivity contribution in [3.63, 3.8) is 0 Å². The van der Waals surface area contributed by atoms with E-state index in [1.165, 1.54) is 12.1 Å². The zero-order chi connectivity index (χ0) is 14.0. The lowest BCUT2D eigenvalue weighted by atomic mass is 10.1. The number of carbonyl (C=O) groups is 1. The minimum Gasteiger partial charge on any atom is -0.477 e. The number of hydrogen-bond acceptors (Lipinski definition) is 5. The van der Waals surface area contributed by atoms with Crippen LogP contribution in [0.25, 0.3) is 0 Å². The highest BCUT2D eigenvalue weighted by atomic mass is 16.6. The van der Waals surface area contributed by atoms with Crippen LogP contribution in [0.3, 0.4) is 0 Å². The first-order chi connectivity index (χ1) is 9.02. The topological polar surface area (TPSA) is 92.9 Å². The quantitative estimate of drug-likeness (QED) is 0.656. The van der Waals surface area contributed by atoms with Gasteiger partial charge in [0.2, 0.25) is 0 Å². The molecule has 1 atom stereocenters. The predicted octanol–water partition coefficient (Wildman–Crippen LogP) is 1.52. The highest BCUT2D eigenvalue weighted by Crippen LogP contribution is 2.28. The van der Waals surface area contributed by atoms with Crippen LogP contribution in [0.2, 0.25) is 0 Å². The van der Waals surface area contributed by atoms with Crippen LogP contribution in [0.4, 0.5) is 11.4 Å². The molecule has 7 nitrogen and oxygen atoms in total. The molecule has 1 N–H and O–H groups in total. The molecule has 1 aliphatic rings. The van der Waals surface area contributed by atoms with Gasteiger partial charge in [-0.05, 0) is 18.6 Å². The first-order valence-corrected chi connectivity index (χ1v) is 5.82. The van der Waals surface area contributed by atoms with E-state index in [-0.39, 0.29) is 17.4 Å². The third kappa shape index (κ3) is 2.65. The van der Waals surface area contributed by atoms with Gasteiger partial charge in [0.05, 0.1) is 11.0 Å². The summed E-state index contributed by atoms with van der Waals surface area (Å²) >= 11 is 0. The number of carboxylic acid groups (broad SMARTS) is 1. The molecular weight excluding hydrogens is 252 g/mol. The second-order valence-corrected chi connectivity index (χ2v) is 4.36. The third-order valence-corrected chi connectivity index (χ3v) is 3.25. The number of ether oxygens (including phenoxy) is 1. The fourth-order valence-electron chi connectivity index (χ4n) is 2.20. The van der Waals surface area contributed by atoms with E-state index in [2.05, 4.69) is 0 Å². The number of carboxylic acids is 1. The SMILES string of the molecule is COC1CCN(c2ccc(C(=O)O)c([N+](=O)[O-])c2)C1. The average Bonchev–Trinajstić information content (AvgIpc) is 2.86. The van der Waals surface area contributed by atoms with Crippen LogP contribution in [-0.2, 0) is 4.74 Å². The Bertz CT molecular complexity index is 517. The molecule has 1 fully saturated rings. The second kappa shape index (κ2) is 5.23. The Morgan fingerprint density at radius 1 is 1.58 bits per heavy atom. The second-order valence-electron chi connectivity index (χ2n) is 4.36. The first-order valence-electron chi connectivity index (χ1n) is 5.82. The molecule has 0 spiro atoms. The summed E-state index contributed by atoms with van der Waals surface area (Å²) in [7, 11) is 1.63. The van der Waals surface area contributed by atoms with Crippen molar-refractivity contribution < 1.29 is 19.6 Å². The molecule has 1 unspecified atom stereocenters. The Balaban J connectivity index is 2.31. The van der Waals surface area contributed by atoms with Crippen molar-refractivity contribution in [1.82, 2.24) is 0 Å². The molecule has 102 valence electrons. The molecule has 7 heteroatoms. The molecule has 0 amide bonds. The summed E-state index contributed by atoms with van der Waals surface area (Å²) in [6, 6.07) is 4.17. The van der Waals surface area contributed by atoms with Crippen LogP contribution in [0.5, 0.6) is 0 Å². The maximum Gasteiger partial charge on any atom is 0.342 e. The number of nitro groups is 1. The number of nitro benzene ring substituents is 1. The number of anilines is 1. The average molecular weight is 266 g/mol. The lowest BCUT2D eigenvalue weighted by Crippen LogP contribution is -2.22. The maximum absolute atomic E-state index is 10.9. The van der Waals surface area contributed by atoms with Crippen LogP contribution in [0.1, 0.15) is 16.8 Å². The summed E-state index contributed by atoms with van der Waals surface area (Å²) in [5.74, 6) is -1.30. The summed E-state index contributed by atoms with van der Waals surface area (Å²) < 4.78 is 5.23. The van der Waals surface area contributed by atoms with Crippen LogP contribution < -0.4 is 4.90 Å². The maximum atomic E-state index is 10.9. The summed E-state index contributed by atoms with van der Waals surface area (Å²) in [6.45, 7) is 1.39. The van der Waals surface area contributed by atoms with Crippen LogP contribution in [-0.4, -0.2) is 42.3 Å². The van der Waals surface area contributed by atoms with E-state index in [0.29, 0.717) is 12.2 Å². The van der Waals surface area contributed by atoms with Gasteiger partial charge in [-0.3, -0.25) is 10.1 Å². The van der Waals surface area contributed by atoms with Gasteiger partial charge in [-0.2, -0.15) is 0 Å². The number of hydrogen-bond donors (Lipinski definition) is 1. The van der Waals surface area contributed by atoms with E-state index in [0.717, 1.165) is 13.0 Å². The van der Waals surface area contributed by atoms with Gasteiger partial charge in [-0.25, -0.2) is 4.79 Å². The van der Waals surface area contributed by atoms with Crippen LogP contribution in [0.15, 0.2) is 18.2 Å². The Hall–Kier alpha value is -2.15. The van der Waals surface area contributed by atoms with E-state index < -0.39 is 10.9 Å². The minimum absolute atomic E-state index is 0.109. The minimum atomic E-state index is -1.30. The molecule has 0 aromatic heterocycles. The van der Waals surface area contributed by atoms with E-state index in [1.807, 2.05) is 4.90 Å². The van der Waals surface area contributed by atoms with Gasteiger partial charge < -0.3 is 14.7 Å². The fraction of sp³-hybridized carbons (Fsp3) is 0.417. The van der Waals surface area contributed by atoms with Gasteiger partial charge in [0, 0.05) is 32.0 Å². The van der Waals surface area contributed by atoms with Crippen molar-refractivity contribution in [1.29, 1.82) is 0 Å². The van der Waals surface area contributed by atoms with Crippen molar-refractivity contribution in [3.8, 4) is 0 Å². The molecule has 0 radical (unpaired) electrons. The Labute approximate surface area is 109 Å². The molecule has 2 rings (SSSR count). The molecular formula is C12H14N2O5. The van der Waals surface area contributed by atoms with Crippen LogP contribution >= 0.6 is 0 Å². The number of nitrogens with zero attached hydrogens (tertiary/aromatic N) is 2. The van der Waals surface area contributed by atoms with Crippen molar-refractivity contribution in [2.45, 2.75) is 12.5 Å². The Kier molecular flexibility index (Phi) is 3.66. The fourth-order valence-corrected chi connectivity index (χ4v) is 2.20. The lowest BCUT2D eigenvalue weighted by molar-refractivity contribution is -0.385. The van der Waals surface area contributed by atoms with E-state index in [9.17, 15) is 14.9 Å². The summed E-state index contributed by atoms with van der Waals surface area (Å²) in [5, 5.41) is 19.8. The van der Waals surface area contributed by atoms with Crippen LogP contribution in [0, 0.1) is 10.1 Å². The van der Waals surface area contributed by atoms with Crippen molar-refractivity contribution in [3.05, 3.63) is 33.9 Å². The summed E-state index contributed by atoms with van der Waals surface area (Å²) in [4.78, 5) is 23.1. The number of rotatable bonds is 4. The smallest absolute Gasteiger partial charge is 0.342 e. The summed E-state index contributed by atoms with van der Waals surface area (Å²) in [5.41, 5.74) is -0.0293. The lowest BCUT2D eigenvalue weighted by Gasteiger charge is -2.18. The Morgan fingerprint density at radius 2 is 2.32 bits per heavy atom. The molecule has 19 heavy (non-hydrogen) atoms. The highest BCUT2D eigenvalue weighted by molar-refractivity contribution is 5.93. The number of aromatic carboxylic acids is 1. The molecule has 1 aliphatic heterocycles. The zero-order valence-corrected chi connectivity index (χ0v) is 10.4. The van der Waals surface area contributed by atoms with Gasteiger partial charge in [0.25, 0.3) is 5.69 Å². The monoisotopic (exact) mass is 266 g/mol. The van der Waals surface area contributed by atoms with Gasteiger partial charge in [0.15, 0.2) is 0 Å². The van der Waals surface area contributed by atoms with Crippen molar-refractivity contribution >= 4 is 17.3 Å². The van der Waals surface area contributed by atoms with Gasteiger partial charge >= 0.3 is 5.97 Å². The standard InChI is InChI=1S/C12H14N2O5/c1-19-9-4-5-13(7-9)8-2-3-10(12(15)16)11(6-8)14(17)18/h2-3,6,9H,4-5,7H2,1H3,(H,15,16).